The zero-order valence-corrected chi connectivity index (χ0v) is 11.9. The van der Waals surface area contributed by atoms with Crippen LogP contribution in [0, 0.1) is 5.92 Å². The minimum absolute atomic E-state index is 0.696. The molecule has 1 saturated carbocycles. The highest BCUT2D eigenvalue weighted by atomic mass is 15.0. The molecule has 1 unspecified atom stereocenters. The molecule has 0 spiro atoms. The van der Waals surface area contributed by atoms with Crippen LogP contribution in [0.15, 0.2) is 24.5 Å². The Kier molecular flexibility index (Phi) is 3.56. The van der Waals surface area contributed by atoms with E-state index in [0.717, 1.165) is 24.8 Å². The molecule has 2 aromatic heterocycles. The summed E-state index contributed by atoms with van der Waals surface area (Å²) < 4.78 is 2.33. The highest BCUT2D eigenvalue weighted by Gasteiger charge is 2.21. The Bertz CT molecular complexity index is 554. The number of aromatic nitrogens is 2. The average molecular weight is 257 g/mol. The third kappa shape index (κ3) is 2.81. The van der Waals surface area contributed by atoms with Crippen LogP contribution in [0.3, 0.4) is 0 Å². The van der Waals surface area contributed by atoms with Crippen molar-refractivity contribution in [1.82, 2.24) is 14.9 Å². The quantitative estimate of drug-likeness (QED) is 0.860. The second-order valence-electron chi connectivity index (χ2n) is 5.85. The maximum absolute atomic E-state index is 4.57. The van der Waals surface area contributed by atoms with Crippen molar-refractivity contribution in [2.24, 2.45) is 5.92 Å². The van der Waals surface area contributed by atoms with Crippen molar-refractivity contribution in [2.45, 2.75) is 52.2 Å². The summed E-state index contributed by atoms with van der Waals surface area (Å²) in [5.74, 6) is 0.696. The number of pyridine rings is 1. The molecule has 1 aliphatic carbocycles. The standard InChI is InChI=1S/C16H23N3/c1-3-12(2)10-19-11-13(9-18-14-6-7-14)15-5-4-8-17-16(15)19/h4-5,8,11-12,14,18H,3,6-7,9-10H2,1-2H3. The first-order valence-corrected chi connectivity index (χ1v) is 7.44. The third-order valence-electron chi connectivity index (χ3n) is 4.08. The van der Waals surface area contributed by atoms with Gasteiger partial charge in [-0.25, -0.2) is 4.98 Å². The molecular formula is C16H23N3. The first-order chi connectivity index (χ1) is 9.28. The topological polar surface area (TPSA) is 29.9 Å². The molecule has 3 heteroatoms. The Morgan fingerprint density at radius 2 is 2.32 bits per heavy atom. The second kappa shape index (κ2) is 5.33. The first kappa shape index (κ1) is 12.7. The molecule has 3 rings (SSSR count). The van der Waals surface area contributed by atoms with E-state index >= 15 is 0 Å². The van der Waals surface area contributed by atoms with E-state index in [1.54, 1.807) is 0 Å². The third-order valence-corrected chi connectivity index (χ3v) is 4.08. The Labute approximate surface area is 115 Å². The molecule has 1 aliphatic rings. The van der Waals surface area contributed by atoms with Gasteiger partial charge in [0.25, 0.3) is 0 Å². The summed E-state index contributed by atoms with van der Waals surface area (Å²) in [6.45, 7) is 6.59. The summed E-state index contributed by atoms with van der Waals surface area (Å²) in [6.07, 6.45) is 8.07. The number of fused-ring (bicyclic) bond motifs is 1. The van der Waals surface area contributed by atoms with E-state index in [0.29, 0.717) is 5.92 Å². The molecule has 0 aromatic carbocycles. The first-order valence-electron chi connectivity index (χ1n) is 7.44. The van der Waals surface area contributed by atoms with Gasteiger partial charge < -0.3 is 9.88 Å². The summed E-state index contributed by atoms with van der Waals surface area (Å²) >= 11 is 0. The summed E-state index contributed by atoms with van der Waals surface area (Å²) in [5, 5.41) is 4.91. The number of rotatable bonds is 6. The molecule has 1 atom stereocenters. The van der Waals surface area contributed by atoms with Gasteiger partial charge in [0.05, 0.1) is 0 Å². The Morgan fingerprint density at radius 1 is 1.47 bits per heavy atom. The molecule has 102 valence electrons. The smallest absolute Gasteiger partial charge is 0.140 e. The molecule has 0 radical (unpaired) electrons. The predicted octanol–water partition coefficient (Wildman–Crippen LogP) is 3.33. The normalized spacial score (nSPS) is 16.9. The molecular weight excluding hydrogens is 234 g/mol. The monoisotopic (exact) mass is 257 g/mol. The van der Waals surface area contributed by atoms with Crippen LogP contribution in [0.4, 0.5) is 0 Å². The van der Waals surface area contributed by atoms with Crippen LogP contribution < -0.4 is 5.32 Å². The number of nitrogens with one attached hydrogen (secondary N) is 1. The molecule has 0 aliphatic heterocycles. The lowest BCUT2D eigenvalue weighted by molar-refractivity contribution is 0.475. The molecule has 1 N–H and O–H groups in total. The van der Waals surface area contributed by atoms with Gasteiger partial charge in [-0.3, -0.25) is 0 Å². The van der Waals surface area contributed by atoms with E-state index in [2.05, 4.69) is 41.0 Å². The van der Waals surface area contributed by atoms with Gasteiger partial charge >= 0.3 is 0 Å². The van der Waals surface area contributed by atoms with Gasteiger partial charge in [0.2, 0.25) is 0 Å². The van der Waals surface area contributed by atoms with E-state index in [1.165, 1.54) is 30.2 Å². The van der Waals surface area contributed by atoms with E-state index < -0.39 is 0 Å². The van der Waals surface area contributed by atoms with Crippen LogP contribution in [-0.4, -0.2) is 15.6 Å². The van der Waals surface area contributed by atoms with Crippen LogP contribution in [-0.2, 0) is 13.1 Å². The SMILES string of the molecule is CCC(C)Cn1cc(CNC2CC2)c2cccnc21. The van der Waals surface area contributed by atoms with Crippen molar-refractivity contribution in [1.29, 1.82) is 0 Å². The molecule has 3 nitrogen and oxygen atoms in total. The Hall–Kier alpha value is -1.35. The van der Waals surface area contributed by atoms with Gasteiger partial charge in [-0.1, -0.05) is 20.3 Å². The minimum Gasteiger partial charge on any atom is -0.332 e. The van der Waals surface area contributed by atoms with E-state index in [1.807, 2.05) is 12.3 Å². The average Bonchev–Trinajstić information content (AvgIpc) is 3.20. The summed E-state index contributed by atoms with van der Waals surface area (Å²) in [4.78, 5) is 4.57. The van der Waals surface area contributed by atoms with E-state index in [-0.39, 0.29) is 0 Å². The van der Waals surface area contributed by atoms with E-state index in [4.69, 9.17) is 0 Å². The zero-order valence-electron chi connectivity index (χ0n) is 11.9. The van der Waals surface area contributed by atoms with Gasteiger partial charge in [-0.2, -0.15) is 0 Å². The zero-order chi connectivity index (χ0) is 13.2. The van der Waals surface area contributed by atoms with Crippen LogP contribution in [0.25, 0.3) is 11.0 Å². The summed E-state index contributed by atoms with van der Waals surface area (Å²) in [6, 6.07) is 4.99. The number of nitrogens with zero attached hydrogens (tertiary/aromatic N) is 2. The summed E-state index contributed by atoms with van der Waals surface area (Å²) in [5.41, 5.74) is 2.52. The lowest BCUT2D eigenvalue weighted by Gasteiger charge is -2.10. The fraction of sp³-hybridized carbons (Fsp3) is 0.562. The van der Waals surface area contributed by atoms with E-state index in [9.17, 15) is 0 Å². The van der Waals surface area contributed by atoms with Crippen molar-refractivity contribution < 1.29 is 0 Å². The lowest BCUT2D eigenvalue weighted by Crippen LogP contribution is -2.15. The fourth-order valence-corrected chi connectivity index (χ4v) is 2.48. The fourth-order valence-electron chi connectivity index (χ4n) is 2.48. The Morgan fingerprint density at radius 3 is 3.05 bits per heavy atom. The minimum atomic E-state index is 0.696. The van der Waals surface area contributed by atoms with Gasteiger partial charge in [-0.05, 0) is 36.5 Å². The maximum Gasteiger partial charge on any atom is 0.140 e. The molecule has 19 heavy (non-hydrogen) atoms. The van der Waals surface area contributed by atoms with Gasteiger partial charge in [0, 0.05) is 36.9 Å². The molecule has 1 fully saturated rings. The highest BCUT2D eigenvalue weighted by molar-refractivity contribution is 5.80. The van der Waals surface area contributed by atoms with Crippen molar-refractivity contribution in [3.05, 3.63) is 30.1 Å². The van der Waals surface area contributed by atoms with Gasteiger partial charge in [0.15, 0.2) is 0 Å². The van der Waals surface area contributed by atoms with Crippen LogP contribution in [0.1, 0.15) is 38.7 Å². The number of hydrogen-bond acceptors (Lipinski definition) is 2. The van der Waals surface area contributed by atoms with Gasteiger partial charge in [0.1, 0.15) is 5.65 Å². The molecule has 2 heterocycles. The molecule has 0 saturated heterocycles. The van der Waals surface area contributed by atoms with Crippen LogP contribution in [0.5, 0.6) is 0 Å². The van der Waals surface area contributed by atoms with Crippen molar-refractivity contribution >= 4 is 11.0 Å². The maximum atomic E-state index is 4.57. The molecule has 2 aromatic rings. The molecule has 0 bridgehead atoms. The van der Waals surface area contributed by atoms with Crippen molar-refractivity contribution in [2.75, 3.05) is 0 Å². The lowest BCUT2D eigenvalue weighted by atomic mass is 10.1. The highest BCUT2D eigenvalue weighted by Crippen LogP contribution is 2.23. The second-order valence-corrected chi connectivity index (χ2v) is 5.85. The molecule has 0 amide bonds. The summed E-state index contributed by atoms with van der Waals surface area (Å²) in [7, 11) is 0. The van der Waals surface area contributed by atoms with Gasteiger partial charge in [-0.15, -0.1) is 0 Å². The van der Waals surface area contributed by atoms with Crippen LogP contribution in [0.2, 0.25) is 0 Å². The largest absolute Gasteiger partial charge is 0.332 e. The predicted molar refractivity (Wildman–Crippen MR) is 79.0 cm³/mol. The van der Waals surface area contributed by atoms with Crippen LogP contribution >= 0.6 is 0 Å². The Balaban J connectivity index is 1.87. The van der Waals surface area contributed by atoms with Crippen molar-refractivity contribution in [3.8, 4) is 0 Å². The van der Waals surface area contributed by atoms with Crippen molar-refractivity contribution in [3.63, 3.8) is 0 Å². The number of hydrogen-bond donors (Lipinski definition) is 1.